The van der Waals surface area contributed by atoms with Crippen molar-refractivity contribution in [3.8, 4) is 0 Å². The van der Waals surface area contributed by atoms with E-state index in [0.717, 1.165) is 24.9 Å². The third-order valence-corrected chi connectivity index (χ3v) is 4.04. The van der Waals surface area contributed by atoms with Crippen molar-refractivity contribution in [1.29, 1.82) is 0 Å². The molecule has 1 unspecified atom stereocenters. The molecule has 0 aromatic rings. The Morgan fingerprint density at radius 2 is 1.74 bits per heavy atom. The Hall–Kier alpha value is -0.610. The fourth-order valence-corrected chi connectivity index (χ4v) is 2.59. The van der Waals surface area contributed by atoms with E-state index in [2.05, 4.69) is 10.2 Å². The Kier molecular flexibility index (Phi) is 5.22. The molecule has 4 heteroatoms. The van der Waals surface area contributed by atoms with Gasteiger partial charge in [-0.25, -0.2) is 0 Å². The molecule has 2 aliphatic carbocycles. The number of nitrogens with zero attached hydrogens (tertiary/aromatic N) is 1. The van der Waals surface area contributed by atoms with E-state index in [-0.39, 0.29) is 18.0 Å². The van der Waals surface area contributed by atoms with Crippen LogP contribution in [0.1, 0.15) is 46.0 Å². The molecule has 2 saturated carbocycles. The summed E-state index contributed by atoms with van der Waals surface area (Å²) in [7, 11) is 0. The first-order valence-corrected chi connectivity index (χ1v) is 7.82. The van der Waals surface area contributed by atoms with Crippen LogP contribution in [0, 0.1) is 11.8 Å². The molecule has 1 atom stereocenters. The summed E-state index contributed by atoms with van der Waals surface area (Å²) >= 11 is 0. The Morgan fingerprint density at radius 3 is 2.11 bits per heavy atom. The van der Waals surface area contributed by atoms with Crippen LogP contribution < -0.4 is 11.1 Å². The minimum Gasteiger partial charge on any atom is -0.354 e. The molecule has 2 aliphatic rings. The van der Waals surface area contributed by atoms with Crippen LogP contribution in [0.5, 0.6) is 0 Å². The van der Waals surface area contributed by atoms with Gasteiger partial charge < -0.3 is 11.1 Å². The van der Waals surface area contributed by atoms with Gasteiger partial charge in [-0.3, -0.25) is 9.69 Å². The maximum absolute atomic E-state index is 11.9. The topological polar surface area (TPSA) is 58.4 Å². The lowest BCUT2D eigenvalue weighted by Gasteiger charge is -2.31. The number of carbonyl (C=O) groups excluding carboxylic acids is 1. The summed E-state index contributed by atoms with van der Waals surface area (Å²) < 4.78 is 0. The van der Waals surface area contributed by atoms with Crippen LogP contribution >= 0.6 is 0 Å². The van der Waals surface area contributed by atoms with Gasteiger partial charge in [0.25, 0.3) is 0 Å². The van der Waals surface area contributed by atoms with Gasteiger partial charge in [-0.05, 0) is 51.4 Å². The molecule has 0 aromatic heterocycles. The van der Waals surface area contributed by atoms with Crippen LogP contribution in [-0.2, 0) is 4.79 Å². The number of nitrogens with two attached hydrogens (primary N) is 1. The van der Waals surface area contributed by atoms with Crippen molar-refractivity contribution in [2.24, 2.45) is 17.6 Å². The van der Waals surface area contributed by atoms with Crippen molar-refractivity contribution in [2.75, 3.05) is 19.6 Å². The maximum atomic E-state index is 11.9. The van der Waals surface area contributed by atoms with Crippen LogP contribution in [0.3, 0.4) is 0 Å². The highest BCUT2D eigenvalue weighted by atomic mass is 16.1. The van der Waals surface area contributed by atoms with Gasteiger partial charge in [0, 0.05) is 38.1 Å². The van der Waals surface area contributed by atoms with Crippen molar-refractivity contribution in [3.05, 3.63) is 0 Å². The Bertz CT molecular complexity index is 284. The predicted octanol–water partition coefficient (Wildman–Crippen LogP) is 1.35. The molecule has 0 bridgehead atoms. The third-order valence-electron chi connectivity index (χ3n) is 4.04. The number of hydrogen-bond donors (Lipinski definition) is 2. The van der Waals surface area contributed by atoms with E-state index in [1.807, 2.05) is 13.8 Å². The van der Waals surface area contributed by atoms with Gasteiger partial charge in [0.05, 0.1) is 0 Å². The molecular formula is C15H29N3O. The molecular weight excluding hydrogens is 238 g/mol. The van der Waals surface area contributed by atoms with Crippen molar-refractivity contribution < 1.29 is 4.79 Å². The number of hydrogen-bond acceptors (Lipinski definition) is 3. The van der Waals surface area contributed by atoms with E-state index in [4.69, 9.17) is 5.73 Å². The summed E-state index contributed by atoms with van der Waals surface area (Å²) in [5.74, 6) is 1.86. The molecule has 2 fully saturated rings. The van der Waals surface area contributed by atoms with Crippen molar-refractivity contribution >= 4 is 5.91 Å². The van der Waals surface area contributed by atoms with Crippen LogP contribution in [-0.4, -0.2) is 42.5 Å². The van der Waals surface area contributed by atoms with Crippen LogP contribution in [0.25, 0.3) is 0 Å². The highest BCUT2D eigenvalue weighted by Crippen LogP contribution is 2.34. The molecule has 0 aromatic carbocycles. The smallest absolute Gasteiger partial charge is 0.221 e. The molecule has 0 spiro atoms. The summed E-state index contributed by atoms with van der Waals surface area (Å²) in [6.07, 6.45) is 5.98. The van der Waals surface area contributed by atoms with Gasteiger partial charge in [0.15, 0.2) is 0 Å². The number of rotatable bonds is 9. The van der Waals surface area contributed by atoms with E-state index in [1.165, 1.54) is 25.7 Å². The normalized spacial score (nSPS) is 20.9. The Balaban J connectivity index is 1.84. The standard InChI is InChI=1S/C15H29N3O/c1-11(2)17-15(19)7-14(8-16)18(9-12-3-4-12)10-13-5-6-13/h11-14H,3-10,16H2,1-2H3,(H,17,19). The molecule has 1 amide bonds. The van der Waals surface area contributed by atoms with Gasteiger partial charge in [0.1, 0.15) is 0 Å². The first-order valence-electron chi connectivity index (χ1n) is 7.82. The molecule has 3 N–H and O–H groups in total. The molecule has 110 valence electrons. The molecule has 4 nitrogen and oxygen atoms in total. The van der Waals surface area contributed by atoms with Gasteiger partial charge in [-0.1, -0.05) is 0 Å². The second-order valence-corrected chi connectivity index (χ2v) is 6.66. The number of nitrogens with one attached hydrogen (secondary N) is 1. The van der Waals surface area contributed by atoms with Crippen LogP contribution in [0.15, 0.2) is 0 Å². The summed E-state index contributed by atoms with van der Waals surface area (Å²) in [5, 5.41) is 2.98. The maximum Gasteiger partial charge on any atom is 0.221 e. The lowest BCUT2D eigenvalue weighted by atomic mass is 10.1. The minimum atomic E-state index is 0.141. The van der Waals surface area contributed by atoms with E-state index >= 15 is 0 Å². The third kappa shape index (κ3) is 5.49. The zero-order chi connectivity index (χ0) is 13.8. The monoisotopic (exact) mass is 267 g/mol. The van der Waals surface area contributed by atoms with E-state index < -0.39 is 0 Å². The summed E-state index contributed by atoms with van der Waals surface area (Å²) in [4.78, 5) is 14.4. The van der Waals surface area contributed by atoms with E-state index in [1.54, 1.807) is 0 Å². The lowest BCUT2D eigenvalue weighted by Crippen LogP contribution is -2.46. The molecule has 0 aliphatic heterocycles. The Morgan fingerprint density at radius 1 is 1.21 bits per heavy atom. The molecule has 0 radical (unpaired) electrons. The summed E-state index contributed by atoms with van der Waals surface area (Å²) in [6.45, 7) is 6.88. The summed E-state index contributed by atoms with van der Waals surface area (Å²) in [6, 6.07) is 0.436. The second kappa shape index (κ2) is 6.71. The number of amides is 1. The Labute approximate surface area is 117 Å². The van der Waals surface area contributed by atoms with Gasteiger partial charge in [-0.2, -0.15) is 0 Å². The average Bonchev–Trinajstić information content (AvgIpc) is 3.18. The van der Waals surface area contributed by atoms with E-state index in [9.17, 15) is 4.79 Å². The van der Waals surface area contributed by atoms with Crippen LogP contribution in [0.4, 0.5) is 0 Å². The second-order valence-electron chi connectivity index (χ2n) is 6.66. The SMILES string of the molecule is CC(C)NC(=O)CC(CN)N(CC1CC1)CC1CC1. The van der Waals surface area contributed by atoms with Crippen molar-refractivity contribution in [1.82, 2.24) is 10.2 Å². The van der Waals surface area contributed by atoms with Gasteiger partial charge >= 0.3 is 0 Å². The summed E-state index contributed by atoms with van der Waals surface area (Å²) in [5.41, 5.74) is 5.92. The van der Waals surface area contributed by atoms with Crippen LogP contribution in [0.2, 0.25) is 0 Å². The fourth-order valence-electron chi connectivity index (χ4n) is 2.59. The van der Waals surface area contributed by atoms with Crippen molar-refractivity contribution in [3.63, 3.8) is 0 Å². The lowest BCUT2D eigenvalue weighted by molar-refractivity contribution is -0.122. The first kappa shape index (κ1) is 14.8. The zero-order valence-corrected chi connectivity index (χ0v) is 12.4. The van der Waals surface area contributed by atoms with Crippen molar-refractivity contribution in [2.45, 2.75) is 58.0 Å². The highest BCUT2D eigenvalue weighted by Gasteiger charge is 2.32. The van der Waals surface area contributed by atoms with Gasteiger partial charge in [-0.15, -0.1) is 0 Å². The quantitative estimate of drug-likeness (QED) is 0.663. The zero-order valence-electron chi connectivity index (χ0n) is 12.4. The molecule has 0 saturated heterocycles. The highest BCUT2D eigenvalue weighted by molar-refractivity contribution is 5.76. The molecule has 2 rings (SSSR count). The van der Waals surface area contributed by atoms with Gasteiger partial charge in [0.2, 0.25) is 5.91 Å². The predicted molar refractivity (Wildman–Crippen MR) is 77.8 cm³/mol. The van der Waals surface area contributed by atoms with E-state index in [0.29, 0.717) is 13.0 Å². The first-order chi connectivity index (χ1) is 9.08. The number of carbonyl (C=O) groups is 1. The average molecular weight is 267 g/mol. The molecule has 19 heavy (non-hydrogen) atoms. The fraction of sp³-hybridized carbons (Fsp3) is 0.933. The largest absolute Gasteiger partial charge is 0.354 e. The minimum absolute atomic E-state index is 0.141. The molecule has 0 heterocycles.